The number of aliphatic imine (C=N–C) groups is 1. The van der Waals surface area contributed by atoms with Gasteiger partial charge in [-0.05, 0) is 51.0 Å². The van der Waals surface area contributed by atoms with Gasteiger partial charge in [-0.2, -0.15) is 4.31 Å². The van der Waals surface area contributed by atoms with E-state index in [0.717, 1.165) is 32.1 Å². The first-order valence-corrected chi connectivity index (χ1v) is 12.3. The van der Waals surface area contributed by atoms with E-state index in [-0.39, 0.29) is 18.0 Å². The highest BCUT2D eigenvalue weighted by molar-refractivity contribution is 7.90. The Hall–Kier alpha value is -2.33. The number of sulfonamides is 1. The van der Waals surface area contributed by atoms with Crippen LogP contribution in [0.3, 0.4) is 0 Å². The second-order valence-electron chi connectivity index (χ2n) is 8.21. The number of nitrogens with zero attached hydrogens (tertiary/aromatic N) is 4. The lowest BCUT2D eigenvalue weighted by Gasteiger charge is -2.37. The third-order valence-corrected chi connectivity index (χ3v) is 8.23. The van der Waals surface area contributed by atoms with Gasteiger partial charge < -0.3 is 4.90 Å². The molecule has 31 heavy (non-hydrogen) atoms. The Labute approximate surface area is 183 Å². The zero-order chi connectivity index (χ0) is 22.4. The molecule has 0 saturated carbocycles. The van der Waals surface area contributed by atoms with Crippen LogP contribution in [0.1, 0.15) is 51.4 Å². The van der Waals surface area contributed by atoms with E-state index in [2.05, 4.69) is 4.99 Å². The summed E-state index contributed by atoms with van der Waals surface area (Å²) in [4.78, 5) is 29.3. The Bertz CT molecular complexity index is 922. The predicted octanol–water partition coefficient (Wildman–Crippen LogP) is 2.65. The number of hydrogen-bond acceptors (Lipinski definition) is 6. The Morgan fingerprint density at radius 2 is 2.19 bits per heavy atom. The fourth-order valence-corrected chi connectivity index (χ4v) is 6.12. The summed E-state index contributed by atoms with van der Waals surface area (Å²) >= 11 is 0. The zero-order valence-electron chi connectivity index (χ0n) is 17.9. The first-order valence-electron chi connectivity index (χ1n) is 10.8. The van der Waals surface area contributed by atoms with Crippen LogP contribution >= 0.6 is 0 Å². The molecule has 170 valence electrons. The third-order valence-electron chi connectivity index (χ3n) is 6.02. The van der Waals surface area contributed by atoms with E-state index >= 15 is 0 Å². The Kier molecular flexibility index (Phi) is 7.77. The molecule has 9 nitrogen and oxygen atoms in total. The molecule has 2 heterocycles. The van der Waals surface area contributed by atoms with E-state index in [1.165, 1.54) is 28.1 Å². The van der Waals surface area contributed by atoms with Crippen LogP contribution in [0.5, 0.6) is 0 Å². The second-order valence-corrected chi connectivity index (χ2v) is 10.3. The maximum absolute atomic E-state index is 13.3. The summed E-state index contributed by atoms with van der Waals surface area (Å²) in [5.41, 5.74) is 1.17. The molecule has 0 radical (unpaired) electrons. The molecular formula is C21H30N4O5S. The van der Waals surface area contributed by atoms with Crippen molar-refractivity contribution in [3.05, 3.63) is 45.8 Å². The van der Waals surface area contributed by atoms with Crippen molar-refractivity contribution in [1.82, 2.24) is 9.21 Å². The lowest BCUT2D eigenvalue weighted by atomic mass is 10.0. The van der Waals surface area contributed by atoms with E-state index in [1.54, 1.807) is 11.9 Å². The molecule has 0 aromatic heterocycles. The average Bonchev–Trinajstić information content (AvgIpc) is 2.79. The third kappa shape index (κ3) is 5.68. The van der Waals surface area contributed by atoms with Crippen LogP contribution in [-0.4, -0.2) is 66.1 Å². The topological polar surface area (TPSA) is 113 Å². The van der Waals surface area contributed by atoms with Gasteiger partial charge in [0.15, 0.2) is 0 Å². The van der Waals surface area contributed by atoms with Gasteiger partial charge in [0.25, 0.3) is 5.70 Å². The van der Waals surface area contributed by atoms with Gasteiger partial charge >= 0.3 is 0 Å². The van der Waals surface area contributed by atoms with Gasteiger partial charge in [0, 0.05) is 38.6 Å². The van der Waals surface area contributed by atoms with Gasteiger partial charge in [0.05, 0.1) is 10.2 Å². The number of carbonyl (C=O) groups excluding carboxylic acids is 1. The van der Waals surface area contributed by atoms with Gasteiger partial charge in [0.1, 0.15) is 6.04 Å². The summed E-state index contributed by atoms with van der Waals surface area (Å²) in [5.74, 6) is -0.180. The molecule has 2 aliphatic heterocycles. The monoisotopic (exact) mass is 450 g/mol. The number of amides is 1. The van der Waals surface area contributed by atoms with Crippen LogP contribution in [0.2, 0.25) is 0 Å². The highest BCUT2D eigenvalue weighted by Crippen LogP contribution is 2.28. The minimum Gasteiger partial charge on any atom is -0.344 e. The molecule has 3 rings (SSSR count). The number of carbonyl (C=O) groups is 1. The van der Waals surface area contributed by atoms with E-state index in [9.17, 15) is 23.3 Å². The van der Waals surface area contributed by atoms with Crippen molar-refractivity contribution < 1.29 is 18.1 Å². The molecule has 0 bridgehead atoms. The van der Waals surface area contributed by atoms with E-state index in [4.69, 9.17) is 0 Å². The van der Waals surface area contributed by atoms with Gasteiger partial charge in [0.2, 0.25) is 15.9 Å². The molecule has 0 spiro atoms. The molecule has 0 aromatic carbocycles. The zero-order valence-corrected chi connectivity index (χ0v) is 18.7. The number of hydrogen-bond donors (Lipinski definition) is 0. The molecule has 1 amide bonds. The number of allylic oxidation sites excluding steroid dienone is 3. The van der Waals surface area contributed by atoms with Gasteiger partial charge in [-0.1, -0.05) is 18.1 Å². The minimum atomic E-state index is -3.79. The van der Waals surface area contributed by atoms with Crippen molar-refractivity contribution in [3.8, 4) is 0 Å². The molecule has 1 saturated heterocycles. The van der Waals surface area contributed by atoms with Crippen molar-refractivity contribution in [2.45, 2.75) is 62.7 Å². The highest BCUT2D eigenvalue weighted by atomic mass is 32.2. The van der Waals surface area contributed by atoms with Crippen LogP contribution in [-0.2, 0) is 14.8 Å². The summed E-state index contributed by atoms with van der Waals surface area (Å²) in [6, 6.07) is -0.712. The Morgan fingerprint density at radius 3 is 2.84 bits per heavy atom. The van der Waals surface area contributed by atoms with Gasteiger partial charge in [-0.3, -0.25) is 19.9 Å². The SMILES string of the molecule is CN(CCCC1=CN=CCC1)C(=O)C1CCCCN1S(=O)(=O)C1C=CC([N+](=O)[O-])=CC1. The van der Waals surface area contributed by atoms with Crippen LogP contribution in [0, 0.1) is 10.1 Å². The average molecular weight is 451 g/mol. The number of nitro groups is 1. The van der Waals surface area contributed by atoms with E-state index in [1.807, 2.05) is 12.4 Å². The normalized spacial score (nSPS) is 24.4. The minimum absolute atomic E-state index is 0.0417. The van der Waals surface area contributed by atoms with Crippen molar-refractivity contribution >= 4 is 22.1 Å². The Morgan fingerprint density at radius 1 is 1.39 bits per heavy atom. The summed E-state index contributed by atoms with van der Waals surface area (Å²) in [6.07, 6.45) is 13.4. The fourth-order valence-electron chi connectivity index (χ4n) is 4.22. The van der Waals surface area contributed by atoms with E-state index < -0.39 is 26.2 Å². The van der Waals surface area contributed by atoms with Crippen LogP contribution < -0.4 is 0 Å². The molecule has 2 unspecified atom stereocenters. The number of rotatable bonds is 8. The van der Waals surface area contributed by atoms with Crippen LogP contribution in [0.15, 0.2) is 40.7 Å². The molecular weight excluding hydrogens is 420 g/mol. The quantitative estimate of drug-likeness (QED) is 0.417. The molecule has 1 aliphatic carbocycles. The first kappa shape index (κ1) is 23.3. The lowest BCUT2D eigenvalue weighted by molar-refractivity contribution is -0.419. The maximum atomic E-state index is 13.3. The first-order chi connectivity index (χ1) is 14.8. The summed E-state index contributed by atoms with van der Waals surface area (Å²) in [7, 11) is -2.07. The maximum Gasteiger partial charge on any atom is 0.265 e. The number of piperidine rings is 1. The second kappa shape index (κ2) is 10.3. The van der Waals surface area contributed by atoms with Crippen molar-refractivity contribution in [3.63, 3.8) is 0 Å². The number of likely N-dealkylation sites (N-methyl/N-ethyl adjacent to an activating group) is 1. The molecule has 10 heteroatoms. The molecule has 1 fully saturated rings. The Balaban J connectivity index is 1.63. The summed E-state index contributed by atoms with van der Waals surface area (Å²) in [6.45, 7) is 0.857. The van der Waals surface area contributed by atoms with Crippen molar-refractivity contribution in [1.29, 1.82) is 0 Å². The summed E-state index contributed by atoms with van der Waals surface area (Å²) in [5, 5.41) is 10.0. The largest absolute Gasteiger partial charge is 0.344 e. The van der Waals surface area contributed by atoms with Crippen molar-refractivity contribution in [2.24, 2.45) is 4.99 Å². The molecule has 3 aliphatic rings. The van der Waals surface area contributed by atoms with E-state index in [0.29, 0.717) is 25.9 Å². The van der Waals surface area contributed by atoms with Crippen LogP contribution in [0.25, 0.3) is 0 Å². The fraction of sp³-hybridized carbons (Fsp3) is 0.619. The molecule has 2 atom stereocenters. The summed E-state index contributed by atoms with van der Waals surface area (Å²) < 4.78 is 27.8. The standard InChI is InChI=1S/C21H30N4O5S/c1-23(14-5-7-17-6-4-13-22-16-17)21(26)20-8-2-3-15-24(20)31(29,30)19-11-9-18(10-12-19)25(27)28/h9-11,13,16,19-20H,2-8,12,14-15H2,1H3. The molecule has 0 N–H and O–H groups in total. The molecule has 0 aromatic rings. The van der Waals surface area contributed by atoms with Crippen LogP contribution in [0.4, 0.5) is 0 Å². The highest BCUT2D eigenvalue weighted by Gasteiger charge is 2.41. The lowest BCUT2D eigenvalue weighted by Crippen LogP contribution is -2.54. The van der Waals surface area contributed by atoms with Gasteiger partial charge in [-0.25, -0.2) is 8.42 Å². The smallest absolute Gasteiger partial charge is 0.265 e. The predicted molar refractivity (Wildman–Crippen MR) is 119 cm³/mol. The van der Waals surface area contributed by atoms with Gasteiger partial charge in [-0.15, -0.1) is 0 Å². The van der Waals surface area contributed by atoms with Crippen molar-refractivity contribution in [2.75, 3.05) is 20.1 Å².